The first-order valence-electron chi connectivity index (χ1n) is 9.09. The smallest absolute Gasteiger partial charge is 0.241 e. The van der Waals surface area contributed by atoms with Crippen molar-refractivity contribution in [2.45, 2.75) is 58.4 Å². The number of benzene rings is 1. The third kappa shape index (κ3) is 5.95. The lowest BCUT2D eigenvalue weighted by Crippen LogP contribution is -2.40. The van der Waals surface area contributed by atoms with Gasteiger partial charge in [-0.2, -0.15) is 0 Å². The lowest BCUT2D eigenvalue weighted by Gasteiger charge is -2.21. The third-order valence-corrected chi connectivity index (χ3v) is 5.03. The van der Waals surface area contributed by atoms with Gasteiger partial charge in [0.15, 0.2) is 0 Å². The van der Waals surface area contributed by atoms with Gasteiger partial charge in [0.25, 0.3) is 0 Å². The fraction of sp³-hybridized carbons (Fsp3) is 0.579. The van der Waals surface area contributed by atoms with Crippen molar-refractivity contribution in [2.75, 3.05) is 10.6 Å². The molecule has 1 aromatic carbocycles. The molecule has 2 atom stereocenters. The lowest BCUT2D eigenvalue weighted by atomic mass is 9.88. The van der Waals surface area contributed by atoms with Gasteiger partial charge in [-0.25, -0.2) is 4.39 Å². The Hall–Kier alpha value is -1.66. The van der Waals surface area contributed by atoms with Crippen LogP contribution in [0.15, 0.2) is 18.2 Å². The van der Waals surface area contributed by atoms with Crippen LogP contribution in [0.4, 0.5) is 15.8 Å². The molecule has 0 bridgehead atoms. The first kappa shape index (κ1) is 22.4. The van der Waals surface area contributed by atoms with Gasteiger partial charge in [-0.3, -0.25) is 9.59 Å². The molecule has 1 aliphatic carbocycles. The van der Waals surface area contributed by atoms with E-state index in [-0.39, 0.29) is 41.7 Å². The Morgan fingerprint density at radius 1 is 1.23 bits per heavy atom. The molecule has 2 amide bonds. The average Bonchev–Trinajstić information content (AvgIpc) is 2.63. The molecule has 0 aliphatic heterocycles. The van der Waals surface area contributed by atoms with E-state index < -0.39 is 11.9 Å². The van der Waals surface area contributed by atoms with Crippen LogP contribution in [0.2, 0.25) is 0 Å². The minimum absolute atomic E-state index is 0. The molecule has 0 aromatic heterocycles. The topological polar surface area (TPSA) is 84.2 Å². The van der Waals surface area contributed by atoms with Crippen molar-refractivity contribution in [1.29, 1.82) is 0 Å². The maximum atomic E-state index is 14.0. The van der Waals surface area contributed by atoms with Gasteiger partial charge in [0.05, 0.1) is 11.7 Å². The first-order chi connectivity index (χ1) is 11.9. The summed E-state index contributed by atoms with van der Waals surface area (Å²) in [5, 5.41) is 5.36. The molecule has 7 heteroatoms. The van der Waals surface area contributed by atoms with Gasteiger partial charge in [0.1, 0.15) is 5.82 Å². The van der Waals surface area contributed by atoms with Gasteiger partial charge in [0.2, 0.25) is 11.8 Å². The fourth-order valence-electron chi connectivity index (χ4n) is 3.04. The molecule has 26 heavy (non-hydrogen) atoms. The molecule has 0 spiro atoms. The highest BCUT2D eigenvalue weighted by molar-refractivity contribution is 5.97. The van der Waals surface area contributed by atoms with Gasteiger partial charge in [-0.05, 0) is 37.0 Å². The highest BCUT2D eigenvalue weighted by atomic mass is 35.5. The number of carbonyl (C=O) groups is 2. The average molecular weight is 386 g/mol. The Bertz CT molecular complexity index is 621. The maximum Gasteiger partial charge on any atom is 0.241 e. The Morgan fingerprint density at radius 3 is 2.50 bits per heavy atom. The first-order valence-corrected chi connectivity index (χ1v) is 9.09. The van der Waals surface area contributed by atoms with E-state index in [0.29, 0.717) is 5.69 Å². The SMILES string of the molecule is CCC(C)C(N)C(=O)Nc1ccc(F)c(NC(=O)C2CCCCC2)c1.Cl. The van der Waals surface area contributed by atoms with E-state index >= 15 is 0 Å². The summed E-state index contributed by atoms with van der Waals surface area (Å²) in [6.07, 6.45) is 5.69. The normalized spacial score (nSPS) is 16.9. The van der Waals surface area contributed by atoms with Crippen LogP contribution in [0.3, 0.4) is 0 Å². The molecule has 0 radical (unpaired) electrons. The number of rotatable bonds is 6. The molecular formula is C19H29ClFN3O2. The molecule has 2 unspecified atom stereocenters. The van der Waals surface area contributed by atoms with Crippen LogP contribution in [0.5, 0.6) is 0 Å². The highest BCUT2D eigenvalue weighted by Crippen LogP contribution is 2.26. The molecule has 1 aromatic rings. The van der Waals surface area contributed by atoms with Crippen molar-refractivity contribution in [3.63, 3.8) is 0 Å². The summed E-state index contributed by atoms with van der Waals surface area (Å²) >= 11 is 0. The molecule has 1 aliphatic rings. The van der Waals surface area contributed by atoms with Gasteiger partial charge < -0.3 is 16.4 Å². The zero-order chi connectivity index (χ0) is 18.4. The van der Waals surface area contributed by atoms with Crippen LogP contribution in [0.25, 0.3) is 0 Å². The van der Waals surface area contributed by atoms with Crippen LogP contribution < -0.4 is 16.4 Å². The molecular weight excluding hydrogens is 357 g/mol. The number of nitrogens with two attached hydrogens (primary N) is 1. The van der Waals surface area contributed by atoms with E-state index in [1.165, 1.54) is 18.2 Å². The number of hydrogen-bond donors (Lipinski definition) is 3. The number of halogens is 2. The quantitative estimate of drug-likeness (QED) is 0.689. The number of anilines is 2. The van der Waals surface area contributed by atoms with E-state index in [9.17, 15) is 14.0 Å². The second-order valence-electron chi connectivity index (χ2n) is 6.92. The predicted octanol–water partition coefficient (Wildman–Crippen LogP) is 4.08. The Kier molecular flexibility index (Phi) is 9.02. The zero-order valence-electron chi connectivity index (χ0n) is 15.4. The molecule has 5 nitrogen and oxygen atoms in total. The summed E-state index contributed by atoms with van der Waals surface area (Å²) in [6.45, 7) is 3.87. The second-order valence-corrected chi connectivity index (χ2v) is 6.92. The summed E-state index contributed by atoms with van der Waals surface area (Å²) in [4.78, 5) is 24.5. The monoisotopic (exact) mass is 385 g/mol. The van der Waals surface area contributed by atoms with Gasteiger partial charge in [-0.15, -0.1) is 12.4 Å². The Labute approximate surface area is 160 Å². The number of hydrogen-bond acceptors (Lipinski definition) is 3. The summed E-state index contributed by atoms with van der Waals surface area (Å²) < 4.78 is 14.0. The maximum absolute atomic E-state index is 14.0. The van der Waals surface area contributed by atoms with E-state index in [2.05, 4.69) is 10.6 Å². The van der Waals surface area contributed by atoms with Crippen molar-refractivity contribution in [1.82, 2.24) is 0 Å². The Balaban J connectivity index is 0.00000338. The number of nitrogens with one attached hydrogen (secondary N) is 2. The Morgan fingerprint density at radius 2 is 1.88 bits per heavy atom. The molecule has 1 saturated carbocycles. The van der Waals surface area contributed by atoms with Crippen LogP contribution >= 0.6 is 12.4 Å². The second kappa shape index (κ2) is 10.5. The third-order valence-electron chi connectivity index (χ3n) is 5.03. The van der Waals surface area contributed by atoms with Gasteiger partial charge >= 0.3 is 0 Å². The summed E-state index contributed by atoms with van der Waals surface area (Å²) in [5.41, 5.74) is 6.42. The van der Waals surface area contributed by atoms with Gasteiger partial charge in [-0.1, -0.05) is 39.5 Å². The number of amides is 2. The fourth-order valence-corrected chi connectivity index (χ4v) is 3.04. The minimum atomic E-state index is -0.629. The number of carbonyl (C=O) groups excluding carboxylic acids is 2. The van der Waals surface area contributed by atoms with Crippen molar-refractivity contribution in [2.24, 2.45) is 17.6 Å². The molecule has 146 valence electrons. The van der Waals surface area contributed by atoms with Gasteiger partial charge in [0, 0.05) is 11.6 Å². The lowest BCUT2D eigenvalue weighted by molar-refractivity contribution is -0.121. The minimum Gasteiger partial charge on any atom is -0.325 e. The highest BCUT2D eigenvalue weighted by Gasteiger charge is 2.23. The molecule has 2 rings (SSSR count). The van der Waals surface area contributed by atoms with Crippen molar-refractivity contribution >= 4 is 35.6 Å². The predicted molar refractivity (Wildman–Crippen MR) is 105 cm³/mol. The van der Waals surface area contributed by atoms with E-state index in [1.807, 2.05) is 13.8 Å². The van der Waals surface area contributed by atoms with E-state index in [4.69, 9.17) is 5.73 Å². The summed E-state index contributed by atoms with van der Waals surface area (Å²) in [7, 11) is 0. The van der Waals surface area contributed by atoms with Crippen molar-refractivity contribution in [3.05, 3.63) is 24.0 Å². The van der Waals surface area contributed by atoms with Crippen LogP contribution in [-0.4, -0.2) is 17.9 Å². The molecule has 0 saturated heterocycles. The standard InChI is InChI=1S/C19H28FN3O2.ClH/c1-3-12(2)17(21)19(25)22-14-9-10-15(20)16(11-14)23-18(24)13-7-5-4-6-8-13;/h9-13,17H,3-8,21H2,1-2H3,(H,22,25)(H,23,24);1H. The van der Waals surface area contributed by atoms with E-state index in [0.717, 1.165) is 38.5 Å². The van der Waals surface area contributed by atoms with Crippen LogP contribution in [0, 0.1) is 17.7 Å². The van der Waals surface area contributed by atoms with Crippen LogP contribution in [0.1, 0.15) is 52.4 Å². The zero-order valence-corrected chi connectivity index (χ0v) is 16.2. The summed E-state index contributed by atoms with van der Waals surface area (Å²) in [6, 6.07) is 3.51. The summed E-state index contributed by atoms with van der Waals surface area (Å²) in [5.74, 6) is -1.01. The molecule has 0 heterocycles. The van der Waals surface area contributed by atoms with E-state index in [1.54, 1.807) is 0 Å². The molecule has 1 fully saturated rings. The molecule has 4 N–H and O–H groups in total. The largest absolute Gasteiger partial charge is 0.325 e. The van der Waals surface area contributed by atoms with Crippen molar-refractivity contribution < 1.29 is 14.0 Å². The van der Waals surface area contributed by atoms with Crippen molar-refractivity contribution in [3.8, 4) is 0 Å². The van der Waals surface area contributed by atoms with Crippen LogP contribution in [-0.2, 0) is 9.59 Å².